The van der Waals surface area contributed by atoms with Gasteiger partial charge in [0.05, 0.1) is 12.6 Å². The van der Waals surface area contributed by atoms with E-state index in [-0.39, 0.29) is 12.1 Å². The van der Waals surface area contributed by atoms with Gasteiger partial charge in [-0.15, -0.1) is 11.3 Å². The molecule has 1 aromatic heterocycles. The number of ether oxygens (including phenoxy) is 1. The molecule has 1 unspecified atom stereocenters. The molecule has 1 saturated heterocycles. The van der Waals surface area contributed by atoms with Crippen LogP contribution in [0.5, 0.6) is 0 Å². The van der Waals surface area contributed by atoms with E-state index in [1.165, 1.54) is 11.3 Å². The molecular formula is C14H14ClN3O2S. The molecule has 110 valence electrons. The van der Waals surface area contributed by atoms with Crippen molar-refractivity contribution in [3.05, 3.63) is 45.4 Å². The van der Waals surface area contributed by atoms with Crippen LogP contribution in [0.4, 0.5) is 10.5 Å². The number of halogens is 1. The number of hydrogen-bond donors (Lipinski definition) is 2. The summed E-state index contributed by atoms with van der Waals surface area (Å²) in [7, 11) is 0. The first kappa shape index (κ1) is 14.2. The molecule has 0 spiro atoms. The molecule has 2 N–H and O–H groups in total. The van der Waals surface area contributed by atoms with Crippen LogP contribution in [0.15, 0.2) is 30.5 Å². The number of alkyl carbamates (subject to hydrolysis) is 1. The molecule has 1 fully saturated rings. The second kappa shape index (κ2) is 6.32. The average molecular weight is 324 g/mol. The maximum absolute atomic E-state index is 11.0. The maximum atomic E-state index is 11.0. The van der Waals surface area contributed by atoms with Gasteiger partial charge in [-0.3, -0.25) is 0 Å². The Bertz CT molecular complexity index is 629. The first-order chi connectivity index (χ1) is 10.2. The van der Waals surface area contributed by atoms with Crippen LogP contribution in [-0.4, -0.2) is 23.7 Å². The van der Waals surface area contributed by atoms with Gasteiger partial charge >= 0.3 is 6.09 Å². The van der Waals surface area contributed by atoms with Gasteiger partial charge in [0.2, 0.25) is 0 Å². The molecular weight excluding hydrogens is 310 g/mol. The number of benzene rings is 1. The smallest absolute Gasteiger partial charge is 0.407 e. The molecule has 1 atom stereocenters. The Morgan fingerprint density at radius 3 is 2.86 bits per heavy atom. The summed E-state index contributed by atoms with van der Waals surface area (Å²) in [5.74, 6) is 0. The Morgan fingerprint density at radius 1 is 1.43 bits per heavy atom. The van der Waals surface area contributed by atoms with Crippen molar-refractivity contribution in [3.63, 3.8) is 0 Å². The number of carbonyl (C=O) groups is 1. The number of aromatic nitrogens is 1. The van der Waals surface area contributed by atoms with Gasteiger partial charge in [0.15, 0.2) is 4.47 Å². The molecule has 1 amide bonds. The van der Waals surface area contributed by atoms with Gasteiger partial charge in [-0.2, -0.15) is 0 Å². The molecule has 2 aromatic rings. The molecule has 0 aliphatic carbocycles. The third-order valence-electron chi connectivity index (χ3n) is 3.17. The number of hydrogen-bond acceptors (Lipinski definition) is 5. The lowest BCUT2D eigenvalue weighted by molar-refractivity contribution is 0.177. The zero-order valence-corrected chi connectivity index (χ0v) is 12.7. The van der Waals surface area contributed by atoms with Crippen LogP contribution >= 0.6 is 22.9 Å². The van der Waals surface area contributed by atoms with Crippen molar-refractivity contribution < 1.29 is 9.53 Å². The lowest BCUT2D eigenvalue weighted by atomic mass is 10.1. The van der Waals surface area contributed by atoms with Crippen LogP contribution in [0, 0.1) is 0 Å². The van der Waals surface area contributed by atoms with Crippen molar-refractivity contribution >= 4 is 34.7 Å². The van der Waals surface area contributed by atoms with Gasteiger partial charge in [0.25, 0.3) is 0 Å². The highest BCUT2D eigenvalue weighted by Gasteiger charge is 2.21. The van der Waals surface area contributed by atoms with Crippen molar-refractivity contribution in [1.82, 2.24) is 10.3 Å². The molecule has 1 aliphatic heterocycles. The highest BCUT2D eigenvalue weighted by molar-refractivity contribution is 7.15. The van der Waals surface area contributed by atoms with E-state index in [2.05, 4.69) is 15.6 Å². The van der Waals surface area contributed by atoms with E-state index >= 15 is 0 Å². The second-order valence-electron chi connectivity index (χ2n) is 4.77. The second-order valence-corrected chi connectivity index (χ2v) is 6.47. The first-order valence-corrected chi connectivity index (χ1v) is 7.75. The largest absolute Gasteiger partial charge is 0.447 e. The van der Waals surface area contributed by atoms with E-state index in [1.54, 1.807) is 6.20 Å². The van der Waals surface area contributed by atoms with Crippen LogP contribution in [-0.2, 0) is 17.7 Å². The van der Waals surface area contributed by atoms with Crippen molar-refractivity contribution in [3.8, 4) is 0 Å². The minimum atomic E-state index is -0.332. The third kappa shape index (κ3) is 3.86. The van der Waals surface area contributed by atoms with Gasteiger partial charge in [0.1, 0.15) is 6.61 Å². The normalized spacial score (nSPS) is 17.4. The van der Waals surface area contributed by atoms with Crippen LogP contribution in [0.1, 0.15) is 10.4 Å². The van der Waals surface area contributed by atoms with Crippen molar-refractivity contribution in [1.29, 1.82) is 0 Å². The quantitative estimate of drug-likeness (QED) is 0.887. The van der Waals surface area contributed by atoms with E-state index in [4.69, 9.17) is 16.3 Å². The molecule has 21 heavy (non-hydrogen) atoms. The van der Waals surface area contributed by atoms with E-state index in [0.717, 1.165) is 22.5 Å². The fraction of sp³-hybridized carbons (Fsp3) is 0.286. The van der Waals surface area contributed by atoms with Gasteiger partial charge in [0, 0.05) is 16.8 Å². The Hall–Kier alpha value is -1.79. The zero-order chi connectivity index (χ0) is 14.7. The number of thiazole rings is 1. The summed E-state index contributed by atoms with van der Waals surface area (Å²) in [5, 5.41) is 6.09. The summed E-state index contributed by atoms with van der Waals surface area (Å²) < 4.78 is 5.43. The monoisotopic (exact) mass is 323 g/mol. The van der Waals surface area contributed by atoms with Crippen molar-refractivity contribution in [2.75, 3.05) is 11.9 Å². The number of amides is 1. The number of cyclic esters (lactones) is 1. The van der Waals surface area contributed by atoms with Gasteiger partial charge in [-0.25, -0.2) is 9.78 Å². The molecule has 7 heteroatoms. The molecule has 0 bridgehead atoms. The molecule has 0 radical (unpaired) electrons. The number of rotatable bonds is 5. The van der Waals surface area contributed by atoms with Crippen molar-refractivity contribution in [2.24, 2.45) is 0 Å². The number of anilines is 1. The molecule has 5 nitrogen and oxygen atoms in total. The van der Waals surface area contributed by atoms with Crippen molar-refractivity contribution in [2.45, 2.75) is 19.0 Å². The minimum absolute atomic E-state index is 0.0654. The summed E-state index contributed by atoms with van der Waals surface area (Å²) in [6, 6.07) is 8.21. The molecule has 3 rings (SSSR count). The molecule has 1 aliphatic rings. The van der Waals surface area contributed by atoms with Crippen LogP contribution < -0.4 is 10.6 Å². The number of carbonyl (C=O) groups excluding carboxylic acids is 1. The predicted octanol–water partition coefficient (Wildman–Crippen LogP) is 3.06. The van der Waals surface area contributed by atoms with E-state index in [9.17, 15) is 4.79 Å². The third-order valence-corrected chi connectivity index (χ3v) is 4.28. The summed E-state index contributed by atoms with van der Waals surface area (Å²) in [4.78, 5) is 16.1. The van der Waals surface area contributed by atoms with E-state index < -0.39 is 0 Å². The molecule has 0 saturated carbocycles. The number of nitrogens with zero attached hydrogens (tertiary/aromatic N) is 1. The zero-order valence-electron chi connectivity index (χ0n) is 11.1. The van der Waals surface area contributed by atoms with Gasteiger partial charge < -0.3 is 15.4 Å². The summed E-state index contributed by atoms with van der Waals surface area (Å²) in [5.41, 5.74) is 2.20. The fourth-order valence-corrected chi connectivity index (χ4v) is 3.05. The van der Waals surface area contributed by atoms with E-state index in [1.807, 2.05) is 24.3 Å². The fourth-order valence-electron chi connectivity index (χ4n) is 2.13. The Morgan fingerprint density at radius 2 is 2.24 bits per heavy atom. The highest BCUT2D eigenvalue weighted by Crippen LogP contribution is 2.19. The topological polar surface area (TPSA) is 63.2 Å². The Labute approximate surface area is 131 Å². The molecule has 2 heterocycles. The standard InChI is InChI=1S/C14H14ClN3O2S/c15-13-17-7-12(21-13)6-16-10-3-1-9(2-4-10)5-11-8-20-14(19)18-11/h1-4,7,11,16H,5-6,8H2,(H,18,19). The summed E-state index contributed by atoms with van der Waals surface area (Å²) in [6.45, 7) is 1.14. The Balaban J connectivity index is 1.52. The van der Waals surface area contributed by atoms with Gasteiger partial charge in [-0.1, -0.05) is 23.7 Å². The number of nitrogens with one attached hydrogen (secondary N) is 2. The lowest BCUT2D eigenvalue weighted by Gasteiger charge is -2.09. The van der Waals surface area contributed by atoms with Crippen LogP contribution in [0.25, 0.3) is 0 Å². The van der Waals surface area contributed by atoms with E-state index in [0.29, 0.717) is 17.6 Å². The SMILES string of the molecule is O=C1NC(Cc2ccc(NCc3cnc(Cl)s3)cc2)CO1. The van der Waals surface area contributed by atoms with Crippen LogP contribution in [0.3, 0.4) is 0 Å². The minimum Gasteiger partial charge on any atom is -0.447 e. The van der Waals surface area contributed by atoms with Gasteiger partial charge in [-0.05, 0) is 24.1 Å². The lowest BCUT2D eigenvalue weighted by Crippen LogP contribution is -2.28. The Kier molecular flexibility index (Phi) is 4.26. The maximum Gasteiger partial charge on any atom is 0.407 e. The molecule has 1 aromatic carbocycles. The average Bonchev–Trinajstić information content (AvgIpc) is 3.07. The summed E-state index contributed by atoms with van der Waals surface area (Å²) >= 11 is 7.26. The highest BCUT2D eigenvalue weighted by atomic mass is 35.5. The van der Waals surface area contributed by atoms with Crippen LogP contribution in [0.2, 0.25) is 4.47 Å². The first-order valence-electron chi connectivity index (χ1n) is 6.55. The predicted molar refractivity (Wildman–Crippen MR) is 82.9 cm³/mol. The summed E-state index contributed by atoms with van der Waals surface area (Å²) in [6.07, 6.45) is 2.22.